The molecule has 0 fully saturated rings. The first-order valence-corrected chi connectivity index (χ1v) is 7.92. The van der Waals surface area contributed by atoms with Crippen LogP contribution in [0.4, 0.5) is 0 Å². The van der Waals surface area contributed by atoms with Gasteiger partial charge in [0.05, 0.1) is 0 Å². The molecular formula is C17H30IN3O. The highest BCUT2D eigenvalue weighted by molar-refractivity contribution is 14.0. The normalized spacial score (nSPS) is 11.2. The van der Waals surface area contributed by atoms with Gasteiger partial charge in [-0.1, -0.05) is 38.8 Å². The van der Waals surface area contributed by atoms with Crippen LogP contribution < -0.4 is 10.6 Å². The van der Waals surface area contributed by atoms with Crippen LogP contribution in [0.3, 0.4) is 0 Å². The van der Waals surface area contributed by atoms with E-state index in [2.05, 4.69) is 29.5 Å². The van der Waals surface area contributed by atoms with E-state index < -0.39 is 0 Å². The number of aromatic hydroxyl groups is 1. The molecule has 0 unspecified atom stereocenters. The zero-order valence-electron chi connectivity index (χ0n) is 13.9. The summed E-state index contributed by atoms with van der Waals surface area (Å²) in [7, 11) is 1.81. The minimum atomic E-state index is 0. The fourth-order valence-electron chi connectivity index (χ4n) is 2.20. The summed E-state index contributed by atoms with van der Waals surface area (Å²) in [6, 6.07) is 7.41. The van der Waals surface area contributed by atoms with E-state index in [9.17, 15) is 5.11 Å². The highest BCUT2D eigenvalue weighted by atomic mass is 127. The largest absolute Gasteiger partial charge is 0.508 e. The summed E-state index contributed by atoms with van der Waals surface area (Å²) in [6.45, 7) is 6.32. The van der Waals surface area contributed by atoms with Crippen LogP contribution >= 0.6 is 24.0 Å². The molecule has 3 N–H and O–H groups in total. The van der Waals surface area contributed by atoms with Crippen LogP contribution in [-0.4, -0.2) is 31.2 Å². The number of aliphatic imine (C=N–C) groups is 1. The molecule has 0 aliphatic rings. The summed E-state index contributed by atoms with van der Waals surface area (Å²) in [5, 5.41) is 16.0. The summed E-state index contributed by atoms with van der Waals surface area (Å²) in [5.41, 5.74) is 1.24. The van der Waals surface area contributed by atoms with Crippen molar-refractivity contribution in [3.63, 3.8) is 0 Å². The summed E-state index contributed by atoms with van der Waals surface area (Å²) in [6.07, 6.45) is 4.43. The van der Waals surface area contributed by atoms with E-state index in [0.717, 1.165) is 31.9 Å². The fourth-order valence-corrected chi connectivity index (χ4v) is 2.20. The van der Waals surface area contributed by atoms with Gasteiger partial charge in [-0.05, 0) is 36.5 Å². The summed E-state index contributed by atoms with van der Waals surface area (Å²) >= 11 is 0. The van der Waals surface area contributed by atoms with Crippen molar-refractivity contribution in [1.82, 2.24) is 10.6 Å². The zero-order chi connectivity index (χ0) is 15.5. The van der Waals surface area contributed by atoms with Gasteiger partial charge in [-0.2, -0.15) is 0 Å². The van der Waals surface area contributed by atoms with E-state index in [-0.39, 0.29) is 24.0 Å². The summed E-state index contributed by atoms with van der Waals surface area (Å²) < 4.78 is 0. The molecule has 0 saturated carbocycles. The predicted octanol–water partition coefficient (Wildman–Crippen LogP) is 3.54. The van der Waals surface area contributed by atoms with Crippen molar-refractivity contribution in [2.24, 2.45) is 10.9 Å². The smallest absolute Gasteiger partial charge is 0.190 e. The van der Waals surface area contributed by atoms with Crippen LogP contribution in [0.1, 0.15) is 38.7 Å². The van der Waals surface area contributed by atoms with Gasteiger partial charge in [0.1, 0.15) is 5.75 Å². The highest BCUT2D eigenvalue weighted by Crippen LogP contribution is 2.10. The molecule has 4 nitrogen and oxygen atoms in total. The molecule has 0 atom stereocenters. The number of nitrogens with zero attached hydrogens (tertiary/aromatic N) is 1. The average molecular weight is 419 g/mol. The Bertz CT molecular complexity index is 416. The lowest BCUT2D eigenvalue weighted by molar-refractivity contribution is 0.475. The van der Waals surface area contributed by atoms with Crippen molar-refractivity contribution in [3.8, 4) is 5.75 Å². The number of benzene rings is 1. The lowest BCUT2D eigenvalue weighted by Crippen LogP contribution is -2.40. The molecule has 1 aromatic carbocycles. The second-order valence-corrected chi connectivity index (χ2v) is 5.33. The van der Waals surface area contributed by atoms with Crippen LogP contribution in [0.2, 0.25) is 0 Å². The molecule has 0 radical (unpaired) electrons. The van der Waals surface area contributed by atoms with Gasteiger partial charge in [0.15, 0.2) is 5.96 Å². The van der Waals surface area contributed by atoms with E-state index in [1.165, 1.54) is 18.4 Å². The maximum Gasteiger partial charge on any atom is 0.190 e. The molecule has 0 spiro atoms. The van der Waals surface area contributed by atoms with Gasteiger partial charge in [-0.15, -0.1) is 24.0 Å². The quantitative estimate of drug-likeness (QED) is 0.262. The Morgan fingerprint density at radius 2 is 1.77 bits per heavy atom. The third kappa shape index (κ3) is 8.46. The second-order valence-electron chi connectivity index (χ2n) is 5.33. The zero-order valence-corrected chi connectivity index (χ0v) is 16.3. The summed E-state index contributed by atoms with van der Waals surface area (Å²) in [4.78, 5) is 4.25. The number of phenolic OH excluding ortho intramolecular Hbond substituents is 1. The number of nitrogens with one attached hydrogen (secondary N) is 2. The van der Waals surface area contributed by atoms with Crippen LogP contribution in [0.15, 0.2) is 29.3 Å². The molecule has 0 amide bonds. The van der Waals surface area contributed by atoms with Crippen molar-refractivity contribution in [2.45, 2.75) is 39.5 Å². The van der Waals surface area contributed by atoms with Gasteiger partial charge >= 0.3 is 0 Å². The van der Waals surface area contributed by atoms with Gasteiger partial charge in [0.25, 0.3) is 0 Å². The molecule has 126 valence electrons. The van der Waals surface area contributed by atoms with E-state index in [0.29, 0.717) is 11.7 Å². The Morgan fingerprint density at radius 3 is 2.32 bits per heavy atom. The topological polar surface area (TPSA) is 56.7 Å². The minimum Gasteiger partial charge on any atom is -0.508 e. The van der Waals surface area contributed by atoms with E-state index >= 15 is 0 Å². The molecular weight excluding hydrogens is 389 g/mol. The third-order valence-corrected chi connectivity index (χ3v) is 3.81. The average Bonchev–Trinajstić information content (AvgIpc) is 2.52. The Balaban J connectivity index is 0.00000441. The lowest BCUT2D eigenvalue weighted by atomic mass is 10.0. The van der Waals surface area contributed by atoms with Gasteiger partial charge < -0.3 is 15.7 Å². The van der Waals surface area contributed by atoms with Gasteiger partial charge in [-0.3, -0.25) is 4.99 Å². The standard InChI is InChI=1S/C17H29N3O.HI/c1-4-14(5-2)13-20-17(18-3)19-12-6-7-15-8-10-16(21)11-9-15;/h8-11,14,21H,4-7,12-13H2,1-3H3,(H2,18,19,20);1H. The molecule has 22 heavy (non-hydrogen) atoms. The van der Waals surface area contributed by atoms with Crippen molar-refractivity contribution < 1.29 is 5.11 Å². The molecule has 0 heterocycles. The Morgan fingerprint density at radius 1 is 1.14 bits per heavy atom. The SMILES string of the molecule is CCC(CC)CNC(=NC)NCCCc1ccc(O)cc1.I. The second kappa shape index (κ2) is 12.6. The van der Waals surface area contributed by atoms with Crippen LogP contribution in [0, 0.1) is 5.92 Å². The maximum absolute atomic E-state index is 9.24. The Labute approximate surface area is 151 Å². The Hall–Kier alpha value is -0.980. The van der Waals surface area contributed by atoms with Crippen LogP contribution in [0.25, 0.3) is 0 Å². The lowest BCUT2D eigenvalue weighted by Gasteiger charge is -2.16. The first-order chi connectivity index (χ1) is 10.2. The predicted molar refractivity (Wildman–Crippen MR) is 105 cm³/mol. The monoisotopic (exact) mass is 419 g/mol. The van der Waals surface area contributed by atoms with Crippen molar-refractivity contribution in [1.29, 1.82) is 0 Å². The minimum absolute atomic E-state index is 0. The van der Waals surface area contributed by atoms with E-state index in [1.807, 2.05) is 19.2 Å². The third-order valence-electron chi connectivity index (χ3n) is 3.81. The van der Waals surface area contributed by atoms with Crippen molar-refractivity contribution in [2.75, 3.05) is 20.1 Å². The number of hydrogen-bond acceptors (Lipinski definition) is 2. The molecule has 1 aromatic rings. The van der Waals surface area contributed by atoms with Gasteiger partial charge in [0, 0.05) is 20.1 Å². The first kappa shape index (κ1) is 21.0. The number of hydrogen-bond donors (Lipinski definition) is 3. The van der Waals surface area contributed by atoms with Crippen LogP contribution in [0.5, 0.6) is 5.75 Å². The molecule has 5 heteroatoms. The molecule has 0 aliphatic carbocycles. The summed E-state index contributed by atoms with van der Waals surface area (Å²) in [5.74, 6) is 1.91. The van der Waals surface area contributed by atoms with Crippen molar-refractivity contribution >= 4 is 29.9 Å². The number of halogens is 1. The number of rotatable bonds is 8. The highest BCUT2D eigenvalue weighted by Gasteiger charge is 2.04. The van der Waals surface area contributed by atoms with Crippen molar-refractivity contribution in [3.05, 3.63) is 29.8 Å². The Kier molecular flexibility index (Phi) is 12.0. The number of aryl methyl sites for hydroxylation is 1. The molecule has 0 aromatic heterocycles. The first-order valence-electron chi connectivity index (χ1n) is 7.92. The van der Waals surface area contributed by atoms with Gasteiger partial charge in [0.2, 0.25) is 0 Å². The molecule has 0 saturated heterocycles. The van der Waals surface area contributed by atoms with Crippen LogP contribution in [-0.2, 0) is 6.42 Å². The molecule has 0 aliphatic heterocycles. The maximum atomic E-state index is 9.24. The fraction of sp³-hybridized carbons (Fsp3) is 0.588. The number of phenols is 1. The molecule has 0 bridgehead atoms. The van der Waals surface area contributed by atoms with E-state index in [1.54, 1.807) is 12.1 Å². The van der Waals surface area contributed by atoms with E-state index in [4.69, 9.17) is 0 Å². The number of guanidine groups is 1. The molecule has 1 rings (SSSR count). The van der Waals surface area contributed by atoms with Gasteiger partial charge in [-0.25, -0.2) is 0 Å².